The summed E-state index contributed by atoms with van der Waals surface area (Å²) in [6.45, 7) is -0.0352. The maximum absolute atomic E-state index is 11.3. The van der Waals surface area contributed by atoms with Gasteiger partial charge in [-0.15, -0.1) is 0 Å². The molecule has 0 spiro atoms. The molecule has 102 valence electrons. The first-order chi connectivity index (χ1) is 9.69. The van der Waals surface area contributed by atoms with Gasteiger partial charge in [-0.25, -0.2) is 0 Å². The minimum Gasteiger partial charge on any atom is -0.495 e. The van der Waals surface area contributed by atoms with E-state index >= 15 is 0 Å². The quantitative estimate of drug-likeness (QED) is 0.924. The van der Waals surface area contributed by atoms with Crippen LogP contribution in [0.3, 0.4) is 0 Å². The Morgan fingerprint density at radius 3 is 3.05 bits per heavy atom. The number of hydrogen-bond donors (Lipinski definition) is 1. The van der Waals surface area contributed by atoms with Gasteiger partial charge < -0.3 is 14.8 Å². The Kier molecular flexibility index (Phi) is 3.20. The molecule has 3 rings (SSSR count). The summed E-state index contributed by atoms with van der Waals surface area (Å²) in [7, 11) is 1.58. The van der Waals surface area contributed by atoms with Crippen LogP contribution in [0.2, 0.25) is 5.02 Å². The van der Waals surface area contributed by atoms with Gasteiger partial charge in [-0.3, -0.25) is 9.78 Å². The Hall–Kier alpha value is -2.27. The lowest BCUT2D eigenvalue weighted by atomic mass is 10.1. The van der Waals surface area contributed by atoms with E-state index in [1.54, 1.807) is 25.6 Å². The fourth-order valence-corrected chi connectivity index (χ4v) is 2.35. The third-order valence-electron chi connectivity index (χ3n) is 2.98. The number of fused-ring (bicyclic) bond motifs is 1. The van der Waals surface area contributed by atoms with Gasteiger partial charge in [0.25, 0.3) is 5.91 Å². The van der Waals surface area contributed by atoms with Crippen molar-refractivity contribution in [3.05, 3.63) is 35.6 Å². The fourth-order valence-electron chi connectivity index (χ4n) is 2.02. The molecule has 0 bridgehead atoms. The molecule has 2 heterocycles. The maximum atomic E-state index is 11.3. The predicted octanol–water partition coefficient (Wildman–Crippen LogP) is 2.74. The highest BCUT2D eigenvalue weighted by atomic mass is 35.5. The Balaban J connectivity index is 2.09. The van der Waals surface area contributed by atoms with Crippen LogP contribution in [-0.2, 0) is 4.79 Å². The van der Waals surface area contributed by atoms with Crippen LogP contribution in [0.1, 0.15) is 0 Å². The van der Waals surface area contributed by atoms with E-state index in [0.29, 0.717) is 22.2 Å². The smallest absolute Gasteiger partial charge is 0.262 e. The largest absolute Gasteiger partial charge is 0.495 e. The van der Waals surface area contributed by atoms with E-state index in [0.717, 1.165) is 11.1 Å². The molecule has 1 aromatic carbocycles. The Morgan fingerprint density at radius 2 is 2.25 bits per heavy atom. The van der Waals surface area contributed by atoms with Gasteiger partial charge in [0, 0.05) is 17.3 Å². The second kappa shape index (κ2) is 5.02. The molecule has 0 saturated carbocycles. The number of halogens is 1. The highest BCUT2D eigenvalue weighted by Gasteiger charge is 2.21. The number of carbonyl (C=O) groups is 1. The highest BCUT2D eigenvalue weighted by Crippen LogP contribution is 2.42. The van der Waals surface area contributed by atoms with Gasteiger partial charge in [-0.2, -0.15) is 0 Å². The second-order valence-electron chi connectivity index (χ2n) is 4.25. The molecule has 0 atom stereocenters. The molecule has 0 saturated heterocycles. The number of ether oxygens (including phenoxy) is 2. The van der Waals surface area contributed by atoms with E-state index in [-0.39, 0.29) is 12.5 Å². The normalized spacial score (nSPS) is 13.2. The molecule has 1 amide bonds. The molecule has 20 heavy (non-hydrogen) atoms. The van der Waals surface area contributed by atoms with Crippen molar-refractivity contribution in [2.24, 2.45) is 0 Å². The van der Waals surface area contributed by atoms with Gasteiger partial charge in [0.15, 0.2) is 12.4 Å². The van der Waals surface area contributed by atoms with E-state index in [2.05, 4.69) is 10.3 Å². The number of rotatable bonds is 2. The fraction of sp³-hybridized carbons (Fsp3) is 0.143. The van der Waals surface area contributed by atoms with Crippen LogP contribution in [0, 0.1) is 0 Å². The summed E-state index contributed by atoms with van der Waals surface area (Å²) in [6, 6.07) is 5.40. The average molecular weight is 291 g/mol. The molecule has 1 aliphatic heterocycles. The topological polar surface area (TPSA) is 60.5 Å². The van der Waals surface area contributed by atoms with E-state index in [4.69, 9.17) is 21.1 Å². The lowest BCUT2D eigenvalue weighted by Gasteiger charge is -2.20. The molecule has 0 fully saturated rings. The average Bonchev–Trinajstić information content (AvgIpc) is 2.47. The first-order valence-electron chi connectivity index (χ1n) is 5.93. The molecular weight excluding hydrogens is 280 g/mol. The van der Waals surface area contributed by atoms with E-state index in [1.165, 1.54) is 0 Å². The molecule has 5 nitrogen and oxygen atoms in total. The van der Waals surface area contributed by atoms with Crippen LogP contribution in [0.15, 0.2) is 30.6 Å². The molecule has 0 radical (unpaired) electrons. The van der Waals surface area contributed by atoms with Crippen LogP contribution < -0.4 is 14.8 Å². The lowest BCUT2D eigenvalue weighted by Crippen LogP contribution is -2.25. The number of pyridine rings is 1. The molecule has 0 unspecified atom stereocenters. The summed E-state index contributed by atoms with van der Waals surface area (Å²) in [6.07, 6.45) is 3.31. The molecule has 1 N–H and O–H groups in total. The standard InChI is InChI=1S/C14H11ClN2O3/c1-19-9-4-8(5-16-6-9)10-2-3-11-14(13(10)15)20-7-12(18)17-11/h2-6H,7H2,1H3,(H,17,18). The van der Waals surface area contributed by atoms with Crippen LogP contribution in [0.5, 0.6) is 11.5 Å². The first kappa shape index (κ1) is 12.7. The summed E-state index contributed by atoms with van der Waals surface area (Å²) in [5.74, 6) is 0.932. The Labute approximate surface area is 120 Å². The maximum Gasteiger partial charge on any atom is 0.262 e. The number of nitrogens with one attached hydrogen (secondary N) is 1. The van der Waals surface area contributed by atoms with Gasteiger partial charge in [0.1, 0.15) is 5.75 Å². The molecule has 2 aromatic rings. The predicted molar refractivity (Wildman–Crippen MR) is 75.4 cm³/mol. The van der Waals surface area contributed by atoms with Gasteiger partial charge in [0.2, 0.25) is 0 Å². The van der Waals surface area contributed by atoms with E-state index in [1.807, 2.05) is 12.1 Å². The number of methoxy groups -OCH3 is 1. The number of carbonyl (C=O) groups excluding carboxylic acids is 1. The van der Waals surface area contributed by atoms with Crippen molar-refractivity contribution in [3.63, 3.8) is 0 Å². The summed E-state index contributed by atoms with van der Waals surface area (Å²) < 4.78 is 10.5. The van der Waals surface area contributed by atoms with Gasteiger partial charge in [-0.05, 0) is 12.1 Å². The van der Waals surface area contributed by atoms with Crippen molar-refractivity contribution in [2.45, 2.75) is 0 Å². The summed E-state index contributed by atoms with van der Waals surface area (Å²) in [5, 5.41) is 3.16. The zero-order chi connectivity index (χ0) is 14.1. The number of benzene rings is 1. The Morgan fingerprint density at radius 1 is 1.40 bits per heavy atom. The molecule has 6 heteroatoms. The third kappa shape index (κ3) is 2.16. The second-order valence-corrected chi connectivity index (χ2v) is 4.63. The molecule has 1 aliphatic rings. The monoisotopic (exact) mass is 290 g/mol. The summed E-state index contributed by atoms with van der Waals surface area (Å²) >= 11 is 6.36. The number of amides is 1. The number of nitrogens with zero attached hydrogens (tertiary/aromatic N) is 1. The van der Waals surface area contributed by atoms with Gasteiger partial charge in [-0.1, -0.05) is 17.7 Å². The zero-order valence-corrected chi connectivity index (χ0v) is 11.4. The van der Waals surface area contributed by atoms with Gasteiger partial charge in [0.05, 0.1) is 24.0 Å². The van der Waals surface area contributed by atoms with Gasteiger partial charge >= 0.3 is 0 Å². The summed E-state index contributed by atoms with van der Waals surface area (Å²) in [5.41, 5.74) is 2.16. The van der Waals surface area contributed by atoms with Crippen LogP contribution in [0.25, 0.3) is 11.1 Å². The van der Waals surface area contributed by atoms with Crippen molar-refractivity contribution in [3.8, 4) is 22.6 Å². The third-order valence-corrected chi connectivity index (χ3v) is 3.35. The van der Waals surface area contributed by atoms with Crippen molar-refractivity contribution in [1.82, 2.24) is 4.98 Å². The SMILES string of the molecule is COc1cncc(-c2ccc3c(c2Cl)OCC(=O)N3)c1. The van der Waals surface area contributed by atoms with Crippen molar-refractivity contribution < 1.29 is 14.3 Å². The van der Waals surface area contributed by atoms with E-state index in [9.17, 15) is 4.79 Å². The van der Waals surface area contributed by atoms with Crippen LogP contribution >= 0.6 is 11.6 Å². The molecule has 0 aliphatic carbocycles. The highest BCUT2D eigenvalue weighted by molar-refractivity contribution is 6.35. The number of aromatic nitrogens is 1. The number of hydrogen-bond acceptors (Lipinski definition) is 4. The summed E-state index contributed by atoms with van der Waals surface area (Å²) in [4.78, 5) is 15.4. The first-order valence-corrected chi connectivity index (χ1v) is 6.31. The minimum atomic E-state index is -0.190. The molecule has 1 aromatic heterocycles. The van der Waals surface area contributed by atoms with Crippen molar-refractivity contribution >= 4 is 23.2 Å². The van der Waals surface area contributed by atoms with E-state index < -0.39 is 0 Å². The Bertz CT molecular complexity index is 688. The minimum absolute atomic E-state index is 0.0352. The zero-order valence-electron chi connectivity index (χ0n) is 10.6. The van der Waals surface area contributed by atoms with Crippen LogP contribution in [-0.4, -0.2) is 24.6 Å². The van der Waals surface area contributed by atoms with Crippen molar-refractivity contribution in [2.75, 3.05) is 19.0 Å². The number of anilines is 1. The lowest BCUT2D eigenvalue weighted by molar-refractivity contribution is -0.118. The van der Waals surface area contributed by atoms with Crippen LogP contribution in [0.4, 0.5) is 5.69 Å². The van der Waals surface area contributed by atoms with Crippen molar-refractivity contribution in [1.29, 1.82) is 0 Å². The molecular formula is C14H11ClN2O3.